The van der Waals surface area contributed by atoms with Crippen molar-refractivity contribution in [2.75, 3.05) is 10.2 Å². The molecule has 0 spiro atoms. The summed E-state index contributed by atoms with van der Waals surface area (Å²) in [6.07, 6.45) is 3.20. The number of imide groups is 1. The minimum Gasteiger partial charge on any atom is -0.322 e. The smallest absolute Gasteiger partial charge is 0.257 e. The molecular weight excluding hydrogens is 420 g/mol. The minimum atomic E-state index is -0.359. The number of halogens is 1. The van der Waals surface area contributed by atoms with E-state index in [0.717, 1.165) is 10.0 Å². The quantitative estimate of drug-likeness (QED) is 0.564. The lowest BCUT2D eigenvalue weighted by molar-refractivity contribution is -0.122. The summed E-state index contributed by atoms with van der Waals surface area (Å²) in [5.74, 6) is -1.46. The van der Waals surface area contributed by atoms with Crippen LogP contribution >= 0.6 is 15.9 Å². The van der Waals surface area contributed by atoms with E-state index in [1.54, 1.807) is 36.4 Å². The van der Waals surface area contributed by atoms with E-state index < -0.39 is 0 Å². The number of benzene rings is 2. The second-order valence-electron chi connectivity index (χ2n) is 7.19. The van der Waals surface area contributed by atoms with Crippen LogP contribution in [0.5, 0.6) is 0 Å². The third kappa shape index (κ3) is 3.29. The number of para-hydroxylation sites is 1. The summed E-state index contributed by atoms with van der Waals surface area (Å²) in [6, 6.07) is 14.0. The van der Waals surface area contributed by atoms with Crippen molar-refractivity contribution in [2.45, 2.75) is 19.8 Å². The van der Waals surface area contributed by atoms with Crippen molar-refractivity contribution in [3.63, 3.8) is 0 Å². The first-order valence-corrected chi connectivity index (χ1v) is 9.94. The Morgan fingerprint density at radius 1 is 1.04 bits per heavy atom. The molecule has 4 rings (SSSR count). The Labute approximate surface area is 171 Å². The van der Waals surface area contributed by atoms with Crippen LogP contribution in [0.15, 0.2) is 64.7 Å². The zero-order chi connectivity index (χ0) is 19.8. The molecule has 5 nitrogen and oxygen atoms in total. The van der Waals surface area contributed by atoms with Crippen LogP contribution in [-0.4, -0.2) is 17.7 Å². The highest BCUT2D eigenvalue weighted by atomic mass is 79.9. The molecule has 0 aromatic heterocycles. The number of nitrogens with zero attached hydrogens (tertiary/aromatic N) is 1. The molecule has 3 amide bonds. The van der Waals surface area contributed by atoms with Crippen LogP contribution in [0.4, 0.5) is 11.4 Å². The van der Waals surface area contributed by atoms with Crippen LogP contribution in [0.1, 0.15) is 30.1 Å². The molecule has 0 unspecified atom stereocenters. The van der Waals surface area contributed by atoms with Crippen LogP contribution in [0.3, 0.4) is 0 Å². The van der Waals surface area contributed by atoms with Gasteiger partial charge in [0.05, 0.1) is 23.1 Å². The van der Waals surface area contributed by atoms with E-state index in [9.17, 15) is 14.4 Å². The molecule has 6 heteroatoms. The predicted octanol–water partition coefficient (Wildman–Crippen LogP) is 4.55. The van der Waals surface area contributed by atoms with Gasteiger partial charge in [-0.05, 0) is 56.2 Å². The van der Waals surface area contributed by atoms with E-state index in [1.165, 1.54) is 4.90 Å². The van der Waals surface area contributed by atoms with Gasteiger partial charge in [0.25, 0.3) is 5.91 Å². The Balaban J connectivity index is 1.65. The lowest BCUT2D eigenvalue weighted by Crippen LogP contribution is -2.33. The van der Waals surface area contributed by atoms with Crippen LogP contribution in [-0.2, 0) is 9.59 Å². The molecule has 1 fully saturated rings. The molecule has 0 radical (unpaired) electrons. The second-order valence-corrected chi connectivity index (χ2v) is 8.11. The molecule has 1 aliphatic heterocycles. The number of allylic oxidation sites excluding steroid dienone is 2. The number of carbonyl (C=O) groups is 3. The standard InChI is InChI=1S/C22H19BrN2O3/c1-13-6-11-16-18(12-13)22(28)25(21(16)27)19-5-3-2-4-17(19)20(26)24-15-9-7-14(23)8-10-15/h2-10,16,18H,11-12H2,1H3,(H,24,26)/t16-,18+/m1/s1. The topological polar surface area (TPSA) is 66.5 Å². The number of fused-ring (bicyclic) bond motifs is 1. The maximum Gasteiger partial charge on any atom is 0.257 e. The number of amides is 3. The summed E-state index contributed by atoms with van der Waals surface area (Å²) in [6.45, 7) is 1.98. The van der Waals surface area contributed by atoms with E-state index in [-0.39, 0.29) is 29.6 Å². The minimum absolute atomic E-state index is 0.216. The Bertz CT molecular complexity index is 997. The van der Waals surface area contributed by atoms with Crippen molar-refractivity contribution in [3.05, 3.63) is 70.2 Å². The van der Waals surface area contributed by atoms with E-state index >= 15 is 0 Å². The van der Waals surface area contributed by atoms with Gasteiger partial charge in [-0.15, -0.1) is 0 Å². The Kier molecular flexibility index (Phi) is 4.89. The van der Waals surface area contributed by atoms with E-state index in [1.807, 2.05) is 25.1 Å². The van der Waals surface area contributed by atoms with Gasteiger partial charge in [-0.2, -0.15) is 0 Å². The van der Waals surface area contributed by atoms with Gasteiger partial charge in [-0.1, -0.05) is 39.7 Å². The maximum absolute atomic E-state index is 13.0. The summed E-state index contributed by atoms with van der Waals surface area (Å²) in [7, 11) is 0. The summed E-state index contributed by atoms with van der Waals surface area (Å²) >= 11 is 3.36. The van der Waals surface area contributed by atoms with Gasteiger partial charge < -0.3 is 5.32 Å². The average Bonchev–Trinajstić information content (AvgIpc) is 2.93. The molecular formula is C22H19BrN2O3. The van der Waals surface area contributed by atoms with Crippen molar-refractivity contribution >= 4 is 45.0 Å². The fourth-order valence-corrected chi connectivity index (χ4v) is 4.13. The molecule has 0 saturated carbocycles. The molecule has 2 atom stereocenters. The maximum atomic E-state index is 13.0. The van der Waals surface area contributed by atoms with Crippen molar-refractivity contribution in [3.8, 4) is 0 Å². The largest absolute Gasteiger partial charge is 0.322 e. The van der Waals surface area contributed by atoms with Gasteiger partial charge in [-0.25, -0.2) is 4.90 Å². The molecule has 28 heavy (non-hydrogen) atoms. The van der Waals surface area contributed by atoms with Crippen LogP contribution < -0.4 is 10.2 Å². The SMILES string of the molecule is CC1=CC[C@H]2C(=O)N(c3ccccc3C(=O)Nc3ccc(Br)cc3)C(=O)[C@H]2C1. The molecule has 1 N–H and O–H groups in total. The van der Waals surface area contributed by atoms with Crippen molar-refractivity contribution in [2.24, 2.45) is 11.8 Å². The summed E-state index contributed by atoms with van der Waals surface area (Å²) in [4.78, 5) is 40.1. The van der Waals surface area contributed by atoms with E-state index in [2.05, 4.69) is 21.2 Å². The Morgan fingerprint density at radius 3 is 2.46 bits per heavy atom. The third-order valence-corrected chi connectivity index (χ3v) is 5.84. The highest BCUT2D eigenvalue weighted by Gasteiger charge is 2.49. The molecule has 0 bridgehead atoms. The fraction of sp³-hybridized carbons (Fsp3) is 0.227. The van der Waals surface area contributed by atoms with Gasteiger partial charge in [0.2, 0.25) is 11.8 Å². The summed E-state index contributed by atoms with van der Waals surface area (Å²) < 4.78 is 0.908. The third-order valence-electron chi connectivity index (χ3n) is 5.31. The molecule has 1 heterocycles. The lowest BCUT2D eigenvalue weighted by atomic mass is 9.82. The lowest BCUT2D eigenvalue weighted by Gasteiger charge is -2.19. The van der Waals surface area contributed by atoms with Crippen molar-refractivity contribution < 1.29 is 14.4 Å². The number of carbonyl (C=O) groups excluding carboxylic acids is 3. The fourth-order valence-electron chi connectivity index (χ4n) is 3.87. The van der Waals surface area contributed by atoms with Crippen molar-refractivity contribution in [1.82, 2.24) is 0 Å². The first-order valence-electron chi connectivity index (χ1n) is 9.15. The molecule has 2 aliphatic rings. The highest BCUT2D eigenvalue weighted by Crippen LogP contribution is 2.40. The van der Waals surface area contributed by atoms with Gasteiger partial charge in [-0.3, -0.25) is 14.4 Å². The highest BCUT2D eigenvalue weighted by molar-refractivity contribution is 9.10. The number of hydrogen-bond acceptors (Lipinski definition) is 3. The predicted molar refractivity (Wildman–Crippen MR) is 111 cm³/mol. The second kappa shape index (κ2) is 7.36. The van der Waals surface area contributed by atoms with Crippen LogP contribution in [0, 0.1) is 11.8 Å². The molecule has 1 saturated heterocycles. The zero-order valence-electron chi connectivity index (χ0n) is 15.3. The van der Waals surface area contributed by atoms with Gasteiger partial charge in [0.15, 0.2) is 0 Å². The normalized spacial score (nSPS) is 21.4. The number of rotatable bonds is 3. The van der Waals surface area contributed by atoms with Gasteiger partial charge in [0, 0.05) is 10.2 Å². The number of anilines is 2. The molecule has 142 valence electrons. The average molecular weight is 439 g/mol. The van der Waals surface area contributed by atoms with Crippen LogP contribution in [0.2, 0.25) is 0 Å². The molecule has 1 aliphatic carbocycles. The first-order chi connectivity index (χ1) is 13.5. The van der Waals surface area contributed by atoms with Crippen molar-refractivity contribution in [1.29, 1.82) is 0 Å². The Morgan fingerprint density at radius 2 is 1.71 bits per heavy atom. The Hall–Kier alpha value is -2.73. The number of hydrogen-bond donors (Lipinski definition) is 1. The zero-order valence-corrected chi connectivity index (χ0v) is 16.9. The van der Waals surface area contributed by atoms with Crippen LogP contribution in [0.25, 0.3) is 0 Å². The molecule has 2 aromatic rings. The summed E-state index contributed by atoms with van der Waals surface area (Å²) in [5.41, 5.74) is 2.41. The first kappa shape index (κ1) is 18.6. The van der Waals surface area contributed by atoms with E-state index in [4.69, 9.17) is 0 Å². The number of nitrogens with one attached hydrogen (secondary N) is 1. The monoisotopic (exact) mass is 438 g/mol. The van der Waals surface area contributed by atoms with Gasteiger partial charge in [0.1, 0.15) is 0 Å². The molecule has 2 aromatic carbocycles. The van der Waals surface area contributed by atoms with E-state index in [0.29, 0.717) is 29.8 Å². The van der Waals surface area contributed by atoms with Gasteiger partial charge >= 0.3 is 0 Å². The summed E-state index contributed by atoms with van der Waals surface area (Å²) in [5, 5.41) is 2.83.